The zero-order valence-corrected chi connectivity index (χ0v) is 14.7. The van der Waals surface area contributed by atoms with Gasteiger partial charge in [0, 0.05) is 9.30 Å². The van der Waals surface area contributed by atoms with E-state index in [1.165, 1.54) is 11.1 Å². The molecule has 0 aliphatic carbocycles. The van der Waals surface area contributed by atoms with Gasteiger partial charge in [0.15, 0.2) is 0 Å². The molecule has 1 atom stereocenters. The van der Waals surface area contributed by atoms with Gasteiger partial charge in [-0.2, -0.15) is 0 Å². The molecule has 2 rings (SSSR count). The van der Waals surface area contributed by atoms with E-state index in [-0.39, 0.29) is 0 Å². The Morgan fingerprint density at radius 1 is 1.05 bits per heavy atom. The maximum absolute atomic E-state index is 5.17. The fourth-order valence-electron chi connectivity index (χ4n) is 2.14. The van der Waals surface area contributed by atoms with Crippen molar-refractivity contribution < 1.29 is 4.74 Å². The number of alkyl halides is 1. The number of benzene rings is 2. The molecule has 0 bridgehead atoms. The van der Waals surface area contributed by atoms with E-state index in [2.05, 4.69) is 68.3 Å². The van der Waals surface area contributed by atoms with Gasteiger partial charge in [-0.05, 0) is 54.7 Å². The summed E-state index contributed by atoms with van der Waals surface area (Å²) in [4.78, 5) is 0.499. The number of hydrogen-bond donors (Lipinski definition) is 0. The molecule has 0 aromatic heterocycles. The Morgan fingerprint density at radius 2 is 1.80 bits per heavy atom. The summed E-state index contributed by atoms with van der Waals surface area (Å²) >= 11 is 7.30. The van der Waals surface area contributed by atoms with E-state index in [4.69, 9.17) is 4.74 Å². The largest absolute Gasteiger partial charge is 0.497 e. The predicted octanol–water partition coefficient (Wildman–Crippen LogP) is 5.40. The van der Waals surface area contributed by atoms with Gasteiger partial charge in [0.25, 0.3) is 0 Å². The minimum Gasteiger partial charge on any atom is -0.497 e. The van der Waals surface area contributed by atoms with Crippen LogP contribution in [0.1, 0.15) is 17.5 Å². The molecule has 0 radical (unpaired) electrons. The molecule has 1 nitrogen and oxygen atoms in total. The summed E-state index contributed by atoms with van der Waals surface area (Å²) in [5, 5.41) is 0. The Labute approximate surface area is 137 Å². The molecule has 0 heterocycles. The third-order valence-corrected chi connectivity index (χ3v) is 4.53. The topological polar surface area (TPSA) is 9.23 Å². The van der Waals surface area contributed by atoms with Gasteiger partial charge in [-0.1, -0.05) is 56.1 Å². The van der Waals surface area contributed by atoms with Gasteiger partial charge in [-0.3, -0.25) is 0 Å². The van der Waals surface area contributed by atoms with Crippen molar-refractivity contribution in [3.8, 4) is 5.75 Å². The van der Waals surface area contributed by atoms with E-state index in [9.17, 15) is 0 Å². The average Bonchev–Trinajstić information content (AvgIpc) is 2.46. The van der Waals surface area contributed by atoms with E-state index in [1.54, 1.807) is 7.11 Å². The Bertz CT molecular complexity index is 537. The Hall–Kier alpha value is -0.800. The summed E-state index contributed by atoms with van der Waals surface area (Å²) < 4.78 is 6.31. The predicted molar refractivity (Wildman–Crippen MR) is 91.9 cm³/mol. The molecule has 0 aliphatic rings. The molecule has 0 aliphatic heterocycles. The van der Waals surface area contributed by atoms with Crippen LogP contribution in [0.3, 0.4) is 0 Å². The standard InChI is InChI=1S/C17H18Br2O/c1-20-17-9-6-13(7-10-17)5-8-16(19)12-14-3-2-4-15(18)11-14/h2-4,6-7,9-11,16H,5,8,12H2,1H3. The molecule has 2 aromatic carbocycles. The zero-order chi connectivity index (χ0) is 14.4. The van der Waals surface area contributed by atoms with Crippen molar-refractivity contribution in [2.24, 2.45) is 0 Å². The van der Waals surface area contributed by atoms with E-state index in [0.29, 0.717) is 4.83 Å². The second-order valence-electron chi connectivity index (χ2n) is 4.82. The van der Waals surface area contributed by atoms with Crippen molar-refractivity contribution in [2.75, 3.05) is 7.11 Å². The first kappa shape index (κ1) is 15.6. The van der Waals surface area contributed by atoms with Crippen LogP contribution in [0.2, 0.25) is 0 Å². The second-order valence-corrected chi connectivity index (χ2v) is 7.03. The van der Waals surface area contributed by atoms with Crippen LogP contribution in [0.15, 0.2) is 53.0 Å². The summed E-state index contributed by atoms with van der Waals surface area (Å²) in [6.45, 7) is 0. The number of ether oxygens (including phenoxy) is 1. The maximum atomic E-state index is 5.17. The number of halogens is 2. The summed E-state index contributed by atoms with van der Waals surface area (Å²) in [7, 11) is 1.70. The SMILES string of the molecule is COc1ccc(CCC(Br)Cc2cccc(Br)c2)cc1. The van der Waals surface area contributed by atoms with Crippen molar-refractivity contribution in [1.29, 1.82) is 0 Å². The summed E-state index contributed by atoms with van der Waals surface area (Å²) in [6, 6.07) is 16.8. The lowest BCUT2D eigenvalue weighted by Crippen LogP contribution is -2.04. The second kappa shape index (κ2) is 7.84. The van der Waals surface area contributed by atoms with Gasteiger partial charge < -0.3 is 4.74 Å². The van der Waals surface area contributed by atoms with Crippen LogP contribution >= 0.6 is 31.9 Å². The van der Waals surface area contributed by atoms with E-state index >= 15 is 0 Å². The van der Waals surface area contributed by atoms with Gasteiger partial charge in [0.05, 0.1) is 7.11 Å². The first-order valence-corrected chi connectivity index (χ1v) is 8.39. The summed E-state index contributed by atoms with van der Waals surface area (Å²) in [5.74, 6) is 0.915. The zero-order valence-electron chi connectivity index (χ0n) is 11.5. The first-order chi connectivity index (χ1) is 9.67. The lowest BCUT2D eigenvalue weighted by atomic mass is 10.0. The highest BCUT2D eigenvalue weighted by molar-refractivity contribution is 9.10. The van der Waals surface area contributed by atoms with Crippen LogP contribution in [0.4, 0.5) is 0 Å². The quantitative estimate of drug-likeness (QED) is 0.593. The van der Waals surface area contributed by atoms with E-state index < -0.39 is 0 Å². The number of hydrogen-bond acceptors (Lipinski definition) is 1. The fraction of sp³-hybridized carbons (Fsp3) is 0.294. The first-order valence-electron chi connectivity index (χ1n) is 6.69. The number of aryl methyl sites for hydroxylation is 1. The minimum atomic E-state index is 0.499. The van der Waals surface area contributed by atoms with Crippen LogP contribution in [-0.4, -0.2) is 11.9 Å². The molecule has 20 heavy (non-hydrogen) atoms. The third-order valence-electron chi connectivity index (χ3n) is 3.25. The molecular formula is C17H18Br2O. The lowest BCUT2D eigenvalue weighted by molar-refractivity contribution is 0.414. The van der Waals surface area contributed by atoms with Gasteiger partial charge in [-0.25, -0.2) is 0 Å². The summed E-state index contributed by atoms with van der Waals surface area (Å²) in [6.07, 6.45) is 3.25. The van der Waals surface area contributed by atoms with Gasteiger partial charge in [0.1, 0.15) is 5.75 Å². The Morgan fingerprint density at radius 3 is 2.45 bits per heavy atom. The van der Waals surface area contributed by atoms with Crippen LogP contribution < -0.4 is 4.74 Å². The Balaban J connectivity index is 1.83. The smallest absolute Gasteiger partial charge is 0.118 e. The minimum absolute atomic E-state index is 0.499. The monoisotopic (exact) mass is 396 g/mol. The van der Waals surface area contributed by atoms with Crippen molar-refractivity contribution in [3.05, 3.63) is 64.1 Å². The molecule has 2 aromatic rings. The van der Waals surface area contributed by atoms with Crippen LogP contribution in [0.25, 0.3) is 0 Å². The van der Waals surface area contributed by atoms with Crippen LogP contribution in [0.5, 0.6) is 5.75 Å². The van der Waals surface area contributed by atoms with Gasteiger partial charge >= 0.3 is 0 Å². The molecule has 0 saturated heterocycles. The molecule has 0 N–H and O–H groups in total. The van der Waals surface area contributed by atoms with Crippen LogP contribution in [0, 0.1) is 0 Å². The third kappa shape index (κ3) is 4.95. The highest BCUT2D eigenvalue weighted by atomic mass is 79.9. The molecule has 0 spiro atoms. The van der Waals surface area contributed by atoms with E-state index in [0.717, 1.165) is 29.5 Å². The lowest BCUT2D eigenvalue weighted by Gasteiger charge is -2.10. The van der Waals surface area contributed by atoms with Gasteiger partial charge in [0.2, 0.25) is 0 Å². The van der Waals surface area contributed by atoms with Crippen molar-refractivity contribution in [2.45, 2.75) is 24.1 Å². The average molecular weight is 398 g/mol. The maximum Gasteiger partial charge on any atom is 0.118 e. The van der Waals surface area contributed by atoms with Crippen LogP contribution in [-0.2, 0) is 12.8 Å². The number of rotatable bonds is 6. The molecule has 0 fully saturated rings. The summed E-state index contributed by atoms with van der Waals surface area (Å²) in [5.41, 5.74) is 2.71. The van der Waals surface area contributed by atoms with Gasteiger partial charge in [-0.15, -0.1) is 0 Å². The van der Waals surface area contributed by atoms with Crippen molar-refractivity contribution >= 4 is 31.9 Å². The molecule has 0 amide bonds. The molecule has 1 unspecified atom stereocenters. The fourth-order valence-corrected chi connectivity index (χ4v) is 3.19. The Kier molecular flexibility index (Phi) is 6.11. The molecule has 106 valence electrons. The van der Waals surface area contributed by atoms with Crippen molar-refractivity contribution in [3.63, 3.8) is 0 Å². The molecule has 3 heteroatoms. The van der Waals surface area contributed by atoms with Crippen molar-refractivity contribution in [1.82, 2.24) is 0 Å². The normalized spacial score (nSPS) is 12.2. The highest BCUT2D eigenvalue weighted by Crippen LogP contribution is 2.20. The van der Waals surface area contributed by atoms with E-state index in [1.807, 2.05) is 12.1 Å². The molecular weight excluding hydrogens is 380 g/mol. The molecule has 0 saturated carbocycles. The highest BCUT2D eigenvalue weighted by Gasteiger charge is 2.06. The number of methoxy groups -OCH3 is 1.